The number of pyridine rings is 3. The smallest absolute Gasteiger partial charge is 0.214 e. The highest BCUT2D eigenvalue weighted by Crippen LogP contribution is 2.32. The summed E-state index contributed by atoms with van der Waals surface area (Å²) in [4.78, 5) is 4.84. The number of rotatable bonds is 2. The average molecular weight is 305 g/mol. The van der Waals surface area contributed by atoms with Crippen LogP contribution in [0.4, 0.5) is 0 Å². The molecule has 0 radical (unpaired) electrons. The molecular weight excluding hydrogens is 282 g/mol. The minimum atomic E-state index is 1.07. The van der Waals surface area contributed by atoms with E-state index in [4.69, 9.17) is 4.98 Å². The fourth-order valence-corrected chi connectivity index (χ4v) is 3.35. The van der Waals surface area contributed by atoms with Gasteiger partial charge in [0.05, 0.1) is 22.5 Å². The average Bonchev–Trinajstić information content (AvgIpc) is 2.50. The minimum Gasteiger partial charge on any atom is -0.257 e. The van der Waals surface area contributed by atoms with Crippen molar-refractivity contribution in [1.29, 1.82) is 0 Å². The second-order valence-corrected chi connectivity index (χ2v) is 6.05. The monoisotopic (exact) mass is 305 g/mol. The molecule has 0 saturated carbocycles. The van der Waals surface area contributed by atoms with Gasteiger partial charge < -0.3 is 0 Å². The van der Waals surface area contributed by atoms with Gasteiger partial charge in [0.2, 0.25) is 11.4 Å². The van der Waals surface area contributed by atoms with Crippen molar-refractivity contribution in [3.8, 4) is 22.5 Å². The van der Waals surface area contributed by atoms with Gasteiger partial charge >= 0.3 is 0 Å². The van der Waals surface area contributed by atoms with Gasteiger partial charge in [-0.1, -0.05) is 0 Å². The molecule has 0 aliphatic rings. The summed E-state index contributed by atoms with van der Waals surface area (Å²) in [5.74, 6) is 0. The van der Waals surface area contributed by atoms with Crippen LogP contribution >= 0.6 is 0 Å². The van der Waals surface area contributed by atoms with E-state index >= 15 is 0 Å². The first-order valence-corrected chi connectivity index (χ1v) is 7.88. The Hall–Kier alpha value is -2.55. The lowest BCUT2D eigenvalue weighted by molar-refractivity contribution is -0.660. The summed E-state index contributed by atoms with van der Waals surface area (Å²) >= 11 is 0. The van der Waals surface area contributed by atoms with Crippen molar-refractivity contribution in [3.63, 3.8) is 0 Å². The van der Waals surface area contributed by atoms with Crippen molar-refractivity contribution in [2.24, 2.45) is 14.1 Å². The summed E-state index contributed by atoms with van der Waals surface area (Å²) in [5, 5.41) is 0. The van der Waals surface area contributed by atoms with Crippen LogP contribution in [-0.2, 0) is 14.1 Å². The van der Waals surface area contributed by atoms with Gasteiger partial charge in [-0.25, -0.2) is 9.13 Å². The summed E-state index contributed by atoms with van der Waals surface area (Å²) in [6, 6.07) is 12.6. The molecule has 0 fully saturated rings. The number of hydrogen-bond acceptors (Lipinski definition) is 1. The second-order valence-electron chi connectivity index (χ2n) is 6.05. The lowest BCUT2D eigenvalue weighted by Gasteiger charge is -2.14. The van der Waals surface area contributed by atoms with Crippen molar-refractivity contribution in [3.05, 3.63) is 65.7 Å². The van der Waals surface area contributed by atoms with Gasteiger partial charge in [-0.05, 0) is 38.5 Å². The van der Waals surface area contributed by atoms with E-state index in [0.717, 1.165) is 11.4 Å². The number of nitrogens with zero attached hydrogens (tertiary/aromatic N) is 3. The molecule has 0 aromatic carbocycles. The quantitative estimate of drug-likeness (QED) is 0.667. The van der Waals surface area contributed by atoms with Gasteiger partial charge in [0, 0.05) is 24.3 Å². The van der Waals surface area contributed by atoms with Gasteiger partial charge in [0.25, 0.3) is 0 Å². The zero-order chi connectivity index (χ0) is 16.6. The maximum Gasteiger partial charge on any atom is 0.214 e. The molecule has 3 heteroatoms. The van der Waals surface area contributed by atoms with Crippen LogP contribution in [0.15, 0.2) is 48.8 Å². The first-order chi connectivity index (χ1) is 11.0. The minimum absolute atomic E-state index is 1.07. The van der Waals surface area contributed by atoms with Gasteiger partial charge in [0.15, 0.2) is 12.4 Å². The number of hydrogen-bond donors (Lipinski definition) is 0. The molecule has 3 heterocycles. The normalized spacial score (nSPS) is 10.8. The Morgan fingerprint density at radius 3 is 1.52 bits per heavy atom. The van der Waals surface area contributed by atoms with Crippen molar-refractivity contribution in [2.45, 2.75) is 20.8 Å². The highest BCUT2D eigenvalue weighted by atomic mass is 14.9. The van der Waals surface area contributed by atoms with Crippen molar-refractivity contribution >= 4 is 0 Å². The maximum absolute atomic E-state index is 4.84. The predicted octanol–water partition coefficient (Wildman–Crippen LogP) is 2.99. The largest absolute Gasteiger partial charge is 0.257 e. The Bertz CT molecular complexity index is 812. The van der Waals surface area contributed by atoms with Crippen molar-refractivity contribution < 1.29 is 9.13 Å². The third kappa shape index (κ3) is 2.63. The molecule has 3 aromatic heterocycles. The van der Waals surface area contributed by atoms with E-state index in [1.165, 1.54) is 28.1 Å². The van der Waals surface area contributed by atoms with E-state index in [9.17, 15) is 0 Å². The molecule has 0 spiro atoms. The molecule has 0 atom stereocenters. The standard InChI is InChI=1S/C20H23N3/c1-14-19(17-10-6-8-12-22(17)4)15(2)21-16(3)20(14)18-11-7-9-13-23(18)5/h6-13H,1-5H3/q+2. The second kappa shape index (κ2) is 5.92. The SMILES string of the molecule is Cc1nc(C)c(-c2cccc[n+]2C)c(C)c1-c1cccc[n+]1C. The van der Waals surface area contributed by atoms with Gasteiger partial charge in [0.1, 0.15) is 14.1 Å². The summed E-state index contributed by atoms with van der Waals surface area (Å²) in [7, 11) is 4.16. The highest BCUT2D eigenvalue weighted by Gasteiger charge is 2.23. The summed E-state index contributed by atoms with van der Waals surface area (Å²) in [6.45, 7) is 6.39. The molecule has 0 saturated heterocycles. The molecule has 0 aliphatic carbocycles. The van der Waals surface area contributed by atoms with Gasteiger partial charge in [-0.2, -0.15) is 0 Å². The Morgan fingerprint density at radius 1 is 0.696 bits per heavy atom. The molecule has 23 heavy (non-hydrogen) atoms. The molecule has 3 nitrogen and oxygen atoms in total. The van der Waals surface area contributed by atoms with Crippen molar-refractivity contribution in [2.75, 3.05) is 0 Å². The van der Waals surface area contributed by atoms with E-state index in [0.29, 0.717) is 0 Å². The van der Waals surface area contributed by atoms with Crippen LogP contribution in [0.2, 0.25) is 0 Å². The third-order valence-corrected chi connectivity index (χ3v) is 4.43. The zero-order valence-electron chi connectivity index (χ0n) is 14.5. The third-order valence-electron chi connectivity index (χ3n) is 4.43. The van der Waals surface area contributed by atoms with Gasteiger partial charge in [-0.15, -0.1) is 0 Å². The van der Waals surface area contributed by atoms with Crippen LogP contribution in [0.1, 0.15) is 17.0 Å². The fourth-order valence-electron chi connectivity index (χ4n) is 3.35. The first-order valence-electron chi connectivity index (χ1n) is 7.88. The number of aromatic nitrogens is 3. The van der Waals surface area contributed by atoms with Crippen LogP contribution < -0.4 is 9.13 Å². The summed E-state index contributed by atoms with van der Waals surface area (Å²) in [5.41, 5.74) is 8.24. The Balaban J connectivity index is 2.35. The Morgan fingerprint density at radius 2 is 1.13 bits per heavy atom. The van der Waals surface area contributed by atoms with Crippen molar-refractivity contribution in [1.82, 2.24) is 4.98 Å². The zero-order valence-corrected chi connectivity index (χ0v) is 14.5. The lowest BCUT2D eigenvalue weighted by atomic mass is 9.95. The molecular formula is C20H23N3+2. The number of aryl methyl sites for hydroxylation is 4. The Kier molecular flexibility index (Phi) is 3.95. The Labute approximate surface area is 137 Å². The molecule has 0 N–H and O–H groups in total. The van der Waals surface area contributed by atoms with Crippen LogP contribution in [0.25, 0.3) is 22.5 Å². The van der Waals surface area contributed by atoms with E-state index in [1.807, 2.05) is 12.1 Å². The topological polar surface area (TPSA) is 20.6 Å². The maximum atomic E-state index is 4.84. The predicted molar refractivity (Wildman–Crippen MR) is 91.7 cm³/mol. The molecule has 0 unspecified atom stereocenters. The molecule has 3 rings (SSSR count). The van der Waals surface area contributed by atoms with E-state index in [1.54, 1.807) is 0 Å². The van der Waals surface area contributed by atoms with E-state index in [-0.39, 0.29) is 0 Å². The summed E-state index contributed by atoms with van der Waals surface area (Å²) in [6.07, 6.45) is 4.16. The first kappa shape index (κ1) is 15.3. The molecule has 0 aliphatic heterocycles. The molecule has 3 aromatic rings. The highest BCUT2D eigenvalue weighted by molar-refractivity contribution is 5.75. The van der Waals surface area contributed by atoms with E-state index < -0.39 is 0 Å². The fraction of sp³-hybridized carbons (Fsp3) is 0.250. The molecule has 0 amide bonds. The van der Waals surface area contributed by atoms with Crippen LogP contribution in [0.3, 0.4) is 0 Å². The van der Waals surface area contributed by atoms with E-state index in [2.05, 4.69) is 80.7 Å². The van der Waals surface area contributed by atoms with Crippen LogP contribution in [0.5, 0.6) is 0 Å². The molecule has 116 valence electrons. The summed E-state index contributed by atoms with van der Waals surface area (Å²) < 4.78 is 4.31. The lowest BCUT2D eigenvalue weighted by Crippen LogP contribution is -2.32. The van der Waals surface area contributed by atoms with Gasteiger partial charge in [-0.3, -0.25) is 4.98 Å². The van der Waals surface area contributed by atoms with Crippen LogP contribution in [-0.4, -0.2) is 4.98 Å². The van der Waals surface area contributed by atoms with Crippen LogP contribution in [0, 0.1) is 20.8 Å². The molecule has 0 bridgehead atoms.